The molecule has 1 aliphatic carbocycles. The molecule has 0 atom stereocenters. The van der Waals surface area contributed by atoms with E-state index in [0.717, 1.165) is 42.2 Å². The standard InChI is InChI=1S/C14H20N4S2/c1-2-7-15-14-17-16-13(20-14)10-18(11-5-6-11)9-12-4-3-8-19-12/h3-4,8,11H,2,5-7,9-10H2,1H3,(H,15,17). The fourth-order valence-electron chi connectivity index (χ4n) is 2.15. The molecule has 1 fully saturated rings. The van der Waals surface area contributed by atoms with Crippen molar-refractivity contribution >= 4 is 27.8 Å². The molecule has 108 valence electrons. The molecule has 4 nitrogen and oxygen atoms in total. The molecule has 2 aromatic rings. The third-order valence-electron chi connectivity index (χ3n) is 3.33. The maximum Gasteiger partial charge on any atom is 0.205 e. The summed E-state index contributed by atoms with van der Waals surface area (Å²) in [6, 6.07) is 5.09. The Bertz CT molecular complexity index is 519. The normalized spacial score (nSPS) is 14.9. The second kappa shape index (κ2) is 6.65. The summed E-state index contributed by atoms with van der Waals surface area (Å²) in [6.07, 6.45) is 3.76. The lowest BCUT2D eigenvalue weighted by atomic mass is 10.4. The zero-order valence-corrected chi connectivity index (χ0v) is 13.3. The van der Waals surface area contributed by atoms with Gasteiger partial charge in [0.05, 0.1) is 6.54 Å². The van der Waals surface area contributed by atoms with Gasteiger partial charge in [0.2, 0.25) is 5.13 Å². The van der Waals surface area contributed by atoms with E-state index in [1.54, 1.807) is 11.3 Å². The number of rotatable bonds is 8. The second-order valence-corrected chi connectivity index (χ2v) is 7.24. The molecule has 2 heterocycles. The van der Waals surface area contributed by atoms with Gasteiger partial charge >= 0.3 is 0 Å². The van der Waals surface area contributed by atoms with Gasteiger partial charge in [-0.3, -0.25) is 4.90 Å². The van der Waals surface area contributed by atoms with Gasteiger partial charge in [0.1, 0.15) is 5.01 Å². The molecule has 1 N–H and O–H groups in total. The van der Waals surface area contributed by atoms with Gasteiger partial charge in [-0.1, -0.05) is 24.3 Å². The molecular formula is C14H20N4S2. The SMILES string of the molecule is CCCNc1nnc(CN(Cc2cccs2)C2CC2)s1. The van der Waals surface area contributed by atoms with Crippen LogP contribution >= 0.6 is 22.7 Å². The van der Waals surface area contributed by atoms with Gasteiger partial charge < -0.3 is 5.32 Å². The van der Waals surface area contributed by atoms with E-state index in [-0.39, 0.29) is 0 Å². The van der Waals surface area contributed by atoms with Crippen LogP contribution in [0.15, 0.2) is 17.5 Å². The number of aromatic nitrogens is 2. The van der Waals surface area contributed by atoms with E-state index < -0.39 is 0 Å². The molecular weight excluding hydrogens is 288 g/mol. The topological polar surface area (TPSA) is 41.1 Å². The Morgan fingerprint density at radius 2 is 2.25 bits per heavy atom. The van der Waals surface area contributed by atoms with Crippen LogP contribution in [0, 0.1) is 0 Å². The molecule has 0 radical (unpaired) electrons. The molecule has 0 aromatic carbocycles. The van der Waals surface area contributed by atoms with Crippen LogP contribution in [0.2, 0.25) is 0 Å². The highest BCUT2D eigenvalue weighted by Crippen LogP contribution is 2.31. The van der Waals surface area contributed by atoms with Gasteiger partial charge in [-0.05, 0) is 30.7 Å². The van der Waals surface area contributed by atoms with Crippen LogP contribution in [0.5, 0.6) is 0 Å². The Morgan fingerprint density at radius 1 is 1.35 bits per heavy atom. The van der Waals surface area contributed by atoms with E-state index in [1.165, 1.54) is 17.7 Å². The van der Waals surface area contributed by atoms with Crippen molar-refractivity contribution in [3.63, 3.8) is 0 Å². The van der Waals surface area contributed by atoms with Gasteiger partial charge in [0, 0.05) is 24.0 Å². The quantitative estimate of drug-likeness (QED) is 0.809. The third-order valence-corrected chi connectivity index (χ3v) is 5.06. The Balaban J connectivity index is 1.59. The van der Waals surface area contributed by atoms with Gasteiger partial charge in [-0.25, -0.2) is 0 Å². The lowest BCUT2D eigenvalue weighted by Crippen LogP contribution is -2.24. The first-order chi connectivity index (χ1) is 9.85. The number of thiophene rings is 1. The number of anilines is 1. The molecule has 20 heavy (non-hydrogen) atoms. The number of nitrogens with zero attached hydrogens (tertiary/aromatic N) is 3. The molecule has 0 unspecified atom stereocenters. The molecule has 1 saturated carbocycles. The van der Waals surface area contributed by atoms with Crippen molar-refractivity contribution in [2.75, 3.05) is 11.9 Å². The number of nitrogens with one attached hydrogen (secondary N) is 1. The molecule has 3 rings (SSSR count). The lowest BCUT2D eigenvalue weighted by molar-refractivity contribution is 0.247. The van der Waals surface area contributed by atoms with E-state index in [0.29, 0.717) is 0 Å². The molecule has 0 spiro atoms. The minimum absolute atomic E-state index is 0.744. The van der Waals surface area contributed by atoms with Gasteiger partial charge in [0.15, 0.2) is 0 Å². The molecule has 0 saturated heterocycles. The van der Waals surface area contributed by atoms with Crippen LogP contribution in [0.1, 0.15) is 36.1 Å². The summed E-state index contributed by atoms with van der Waals surface area (Å²) in [6.45, 7) is 5.09. The summed E-state index contributed by atoms with van der Waals surface area (Å²) in [7, 11) is 0. The molecule has 0 amide bonds. The molecule has 2 aromatic heterocycles. The molecule has 1 aliphatic rings. The van der Waals surface area contributed by atoms with Crippen molar-refractivity contribution in [3.8, 4) is 0 Å². The first-order valence-corrected chi connectivity index (χ1v) is 8.87. The predicted molar refractivity (Wildman–Crippen MR) is 85.3 cm³/mol. The maximum atomic E-state index is 4.32. The van der Waals surface area contributed by atoms with E-state index in [1.807, 2.05) is 11.3 Å². The first kappa shape index (κ1) is 14.0. The second-order valence-electron chi connectivity index (χ2n) is 5.14. The van der Waals surface area contributed by atoms with Crippen molar-refractivity contribution in [1.29, 1.82) is 0 Å². The van der Waals surface area contributed by atoms with Crippen molar-refractivity contribution in [2.45, 2.75) is 45.3 Å². The van der Waals surface area contributed by atoms with Crippen LogP contribution in [-0.2, 0) is 13.1 Å². The smallest absolute Gasteiger partial charge is 0.205 e. The molecule has 6 heteroatoms. The average molecular weight is 308 g/mol. The van der Waals surface area contributed by atoms with Crippen molar-refractivity contribution < 1.29 is 0 Å². The summed E-state index contributed by atoms with van der Waals surface area (Å²) < 4.78 is 0. The lowest BCUT2D eigenvalue weighted by Gasteiger charge is -2.19. The van der Waals surface area contributed by atoms with Gasteiger partial charge in [-0.2, -0.15) is 0 Å². The Hall–Kier alpha value is -0.980. The Morgan fingerprint density at radius 3 is 2.95 bits per heavy atom. The minimum Gasteiger partial charge on any atom is -0.360 e. The van der Waals surface area contributed by atoms with Crippen molar-refractivity contribution in [3.05, 3.63) is 27.4 Å². The fraction of sp³-hybridized carbons (Fsp3) is 0.571. The van der Waals surface area contributed by atoms with Crippen LogP contribution < -0.4 is 5.32 Å². The largest absolute Gasteiger partial charge is 0.360 e. The van der Waals surface area contributed by atoms with E-state index in [2.05, 4.69) is 44.9 Å². The van der Waals surface area contributed by atoms with Crippen LogP contribution in [0.4, 0.5) is 5.13 Å². The number of hydrogen-bond acceptors (Lipinski definition) is 6. The van der Waals surface area contributed by atoms with Crippen LogP contribution in [0.3, 0.4) is 0 Å². The van der Waals surface area contributed by atoms with Gasteiger partial charge in [-0.15, -0.1) is 21.5 Å². The van der Waals surface area contributed by atoms with E-state index >= 15 is 0 Å². The fourth-order valence-corrected chi connectivity index (χ4v) is 3.67. The molecule has 0 bridgehead atoms. The zero-order chi connectivity index (χ0) is 13.8. The number of hydrogen-bond donors (Lipinski definition) is 1. The molecule has 0 aliphatic heterocycles. The van der Waals surface area contributed by atoms with Crippen LogP contribution in [-0.4, -0.2) is 27.7 Å². The zero-order valence-electron chi connectivity index (χ0n) is 11.7. The minimum atomic E-state index is 0.744. The Labute approximate surface area is 127 Å². The van der Waals surface area contributed by atoms with E-state index in [9.17, 15) is 0 Å². The highest BCUT2D eigenvalue weighted by molar-refractivity contribution is 7.15. The third kappa shape index (κ3) is 3.77. The summed E-state index contributed by atoms with van der Waals surface area (Å²) in [5.41, 5.74) is 0. The summed E-state index contributed by atoms with van der Waals surface area (Å²) in [5.74, 6) is 0. The van der Waals surface area contributed by atoms with Crippen molar-refractivity contribution in [1.82, 2.24) is 15.1 Å². The monoisotopic (exact) mass is 308 g/mol. The van der Waals surface area contributed by atoms with Gasteiger partial charge in [0.25, 0.3) is 0 Å². The highest BCUT2D eigenvalue weighted by Gasteiger charge is 2.29. The van der Waals surface area contributed by atoms with Crippen molar-refractivity contribution in [2.24, 2.45) is 0 Å². The van der Waals surface area contributed by atoms with E-state index in [4.69, 9.17) is 0 Å². The summed E-state index contributed by atoms with van der Waals surface area (Å²) in [4.78, 5) is 3.97. The summed E-state index contributed by atoms with van der Waals surface area (Å²) in [5, 5.41) is 16.1. The maximum absolute atomic E-state index is 4.32. The first-order valence-electron chi connectivity index (χ1n) is 7.18. The highest BCUT2D eigenvalue weighted by atomic mass is 32.1. The van der Waals surface area contributed by atoms with Crippen LogP contribution in [0.25, 0.3) is 0 Å². The Kier molecular flexibility index (Phi) is 4.65. The summed E-state index contributed by atoms with van der Waals surface area (Å²) >= 11 is 3.52. The average Bonchev–Trinajstić information content (AvgIpc) is 3.00. The predicted octanol–water partition coefficient (Wildman–Crippen LogP) is 3.59.